The highest BCUT2D eigenvalue weighted by molar-refractivity contribution is 7.11. The minimum atomic E-state index is -0.473. The van der Waals surface area contributed by atoms with E-state index in [9.17, 15) is 9.18 Å². The predicted molar refractivity (Wildman–Crippen MR) is 80.2 cm³/mol. The van der Waals surface area contributed by atoms with Gasteiger partial charge in [-0.2, -0.15) is 0 Å². The Kier molecular flexibility index (Phi) is 5.27. The van der Waals surface area contributed by atoms with Crippen molar-refractivity contribution in [3.8, 4) is 5.75 Å². The van der Waals surface area contributed by atoms with Gasteiger partial charge in [0.1, 0.15) is 0 Å². The summed E-state index contributed by atoms with van der Waals surface area (Å²) in [4.78, 5) is 17.2. The van der Waals surface area contributed by atoms with Crippen LogP contribution in [-0.4, -0.2) is 24.0 Å². The van der Waals surface area contributed by atoms with Crippen molar-refractivity contribution in [1.29, 1.82) is 0 Å². The highest BCUT2D eigenvalue weighted by Crippen LogP contribution is 2.16. The average Bonchev–Trinajstić information content (AvgIpc) is 2.77. The van der Waals surface area contributed by atoms with Gasteiger partial charge in [-0.1, -0.05) is 12.1 Å². The number of nitrogens with one attached hydrogen (secondary N) is 1. The van der Waals surface area contributed by atoms with Crippen LogP contribution in [0.3, 0.4) is 0 Å². The molecule has 1 N–H and O–H groups in total. The summed E-state index contributed by atoms with van der Waals surface area (Å²) >= 11 is 1.63. The van der Waals surface area contributed by atoms with Crippen LogP contribution >= 0.6 is 11.3 Å². The van der Waals surface area contributed by atoms with Gasteiger partial charge in [0.05, 0.1) is 10.7 Å². The lowest BCUT2D eigenvalue weighted by atomic mass is 10.3. The van der Waals surface area contributed by atoms with E-state index in [1.165, 1.54) is 17.0 Å². The third-order valence-electron chi connectivity index (χ3n) is 2.93. The minimum Gasteiger partial charge on any atom is -0.481 e. The molecule has 0 aliphatic rings. The number of aryl methyl sites for hydroxylation is 2. The van der Waals surface area contributed by atoms with Crippen LogP contribution < -0.4 is 10.1 Å². The number of amides is 1. The zero-order valence-corrected chi connectivity index (χ0v) is 12.8. The Morgan fingerprint density at radius 2 is 2.14 bits per heavy atom. The van der Waals surface area contributed by atoms with Gasteiger partial charge < -0.3 is 10.1 Å². The second kappa shape index (κ2) is 7.17. The van der Waals surface area contributed by atoms with Gasteiger partial charge in [-0.05, 0) is 26.0 Å². The highest BCUT2D eigenvalue weighted by Gasteiger charge is 2.07. The second-order valence-corrected chi connectivity index (χ2v) is 5.86. The molecule has 0 radical (unpaired) electrons. The fourth-order valence-corrected chi connectivity index (χ4v) is 2.64. The van der Waals surface area contributed by atoms with Crippen molar-refractivity contribution in [3.63, 3.8) is 0 Å². The molecule has 0 bridgehead atoms. The lowest BCUT2D eigenvalue weighted by Gasteiger charge is -2.07. The number of carbonyl (C=O) groups is 1. The molecule has 1 aromatic carbocycles. The summed E-state index contributed by atoms with van der Waals surface area (Å²) in [6.07, 6.45) is 0.685. The number of hydrogen-bond donors (Lipinski definition) is 1. The van der Waals surface area contributed by atoms with Gasteiger partial charge in [-0.15, -0.1) is 11.3 Å². The van der Waals surface area contributed by atoms with Crippen LogP contribution in [0.4, 0.5) is 4.39 Å². The number of benzene rings is 1. The summed E-state index contributed by atoms with van der Waals surface area (Å²) in [6.45, 7) is 4.29. The van der Waals surface area contributed by atoms with Gasteiger partial charge in [0.2, 0.25) is 0 Å². The molecule has 2 aromatic rings. The number of ether oxygens (including phenoxy) is 1. The second-order valence-electron chi connectivity index (χ2n) is 4.57. The van der Waals surface area contributed by atoms with Crippen LogP contribution in [0.25, 0.3) is 0 Å². The highest BCUT2D eigenvalue weighted by atomic mass is 32.1. The molecular weight excluding hydrogens is 291 g/mol. The summed E-state index contributed by atoms with van der Waals surface area (Å²) in [6, 6.07) is 6.01. The average molecular weight is 308 g/mol. The van der Waals surface area contributed by atoms with Crippen LogP contribution in [0, 0.1) is 19.7 Å². The van der Waals surface area contributed by atoms with Gasteiger partial charge in [0, 0.05) is 17.8 Å². The van der Waals surface area contributed by atoms with E-state index in [2.05, 4.69) is 10.3 Å². The van der Waals surface area contributed by atoms with E-state index in [0.717, 1.165) is 10.7 Å². The van der Waals surface area contributed by atoms with Crippen molar-refractivity contribution in [2.24, 2.45) is 0 Å². The Balaban J connectivity index is 1.71. The van der Waals surface area contributed by atoms with Gasteiger partial charge in [0.25, 0.3) is 5.91 Å². The standard InChI is InChI=1S/C15H17FN2O2S/c1-10-11(2)21-15(18-10)7-8-17-14(19)9-20-13-6-4-3-5-12(13)16/h3-6H,7-9H2,1-2H3,(H,17,19). The van der Waals surface area contributed by atoms with E-state index in [-0.39, 0.29) is 18.3 Å². The molecule has 0 aliphatic heterocycles. The number of carbonyl (C=O) groups excluding carboxylic acids is 1. The quantitative estimate of drug-likeness (QED) is 0.892. The first-order valence-electron chi connectivity index (χ1n) is 6.63. The molecule has 1 amide bonds. The smallest absolute Gasteiger partial charge is 0.257 e. The zero-order valence-electron chi connectivity index (χ0n) is 12.0. The number of halogens is 1. The van der Waals surface area contributed by atoms with Crippen molar-refractivity contribution in [1.82, 2.24) is 10.3 Å². The van der Waals surface area contributed by atoms with Crippen molar-refractivity contribution >= 4 is 17.2 Å². The first kappa shape index (κ1) is 15.4. The van der Waals surface area contributed by atoms with E-state index in [0.29, 0.717) is 13.0 Å². The third-order valence-corrected chi connectivity index (χ3v) is 4.06. The molecule has 112 valence electrons. The van der Waals surface area contributed by atoms with Gasteiger partial charge in [0.15, 0.2) is 18.2 Å². The maximum Gasteiger partial charge on any atom is 0.257 e. The van der Waals surface area contributed by atoms with Gasteiger partial charge in [-0.3, -0.25) is 4.79 Å². The van der Waals surface area contributed by atoms with Crippen molar-refractivity contribution < 1.29 is 13.9 Å². The molecule has 21 heavy (non-hydrogen) atoms. The number of para-hydroxylation sites is 1. The maximum absolute atomic E-state index is 13.3. The van der Waals surface area contributed by atoms with Crippen LogP contribution in [0.5, 0.6) is 5.75 Å². The van der Waals surface area contributed by atoms with E-state index >= 15 is 0 Å². The largest absolute Gasteiger partial charge is 0.481 e. The lowest BCUT2D eigenvalue weighted by molar-refractivity contribution is -0.123. The summed E-state index contributed by atoms with van der Waals surface area (Å²) in [7, 11) is 0. The van der Waals surface area contributed by atoms with Crippen LogP contribution in [-0.2, 0) is 11.2 Å². The summed E-state index contributed by atoms with van der Waals surface area (Å²) in [5, 5.41) is 3.73. The zero-order chi connectivity index (χ0) is 15.2. The van der Waals surface area contributed by atoms with E-state index in [1.54, 1.807) is 23.5 Å². The number of rotatable bonds is 6. The van der Waals surface area contributed by atoms with E-state index < -0.39 is 5.82 Å². The number of aromatic nitrogens is 1. The molecule has 0 aliphatic carbocycles. The number of hydrogen-bond acceptors (Lipinski definition) is 4. The minimum absolute atomic E-state index is 0.0822. The fraction of sp³-hybridized carbons (Fsp3) is 0.333. The first-order chi connectivity index (χ1) is 10.1. The van der Waals surface area contributed by atoms with E-state index in [1.807, 2.05) is 13.8 Å². The van der Waals surface area contributed by atoms with Crippen molar-refractivity contribution in [2.45, 2.75) is 20.3 Å². The molecule has 0 saturated carbocycles. The van der Waals surface area contributed by atoms with Crippen LogP contribution in [0.2, 0.25) is 0 Å². The van der Waals surface area contributed by atoms with Crippen molar-refractivity contribution in [3.05, 3.63) is 45.7 Å². The van der Waals surface area contributed by atoms with Gasteiger partial charge >= 0.3 is 0 Å². The SMILES string of the molecule is Cc1nc(CCNC(=O)COc2ccccc2F)sc1C. The topological polar surface area (TPSA) is 51.2 Å². The molecule has 6 heteroatoms. The normalized spacial score (nSPS) is 10.4. The predicted octanol–water partition coefficient (Wildman–Crippen LogP) is 2.64. The molecule has 0 atom stereocenters. The number of thiazole rings is 1. The Labute approximate surface area is 127 Å². The summed E-state index contributed by atoms with van der Waals surface area (Å²) in [5.41, 5.74) is 1.03. The monoisotopic (exact) mass is 308 g/mol. The molecule has 0 unspecified atom stereocenters. The Bertz CT molecular complexity index is 608. The lowest BCUT2D eigenvalue weighted by Crippen LogP contribution is -2.30. The molecular formula is C15H17FN2O2S. The Morgan fingerprint density at radius 3 is 2.81 bits per heavy atom. The fourth-order valence-electron chi connectivity index (χ4n) is 1.71. The van der Waals surface area contributed by atoms with Gasteiger partial charge in [-0.25, -0.2) is 9.37 Å². The van der Waals surface area contributed by atoms with Crippen LogP contribution in [0.15, 0.2) is 24.3 Å². The molecule has 1 heterocycles. The molecule has 0 spiro atoms. The molecule has 4 nitrogen and oxygen atoms in total. The van der Waals surface area contributed by atoms with E-state index in [4.69, 9.17) is 4.74 Å². The molecule has 2 rings (SSSR count). The third kappa shape index (κ3) is 4.53. The molecule has 0 saturated heterocycles. The van der Waals surface area contributed by atoms with Crippen LogP contribution in [0.1, 0.15) is 15.6 Å². The number of nitrogens with zero attached hydrogens (tertiary/aromatic N) is 1. The summed E-state index contributed by atoms with van der Waals surface area (Å²) < 4.78 is 18.4. The van der Waals surface area contributed by atoms with Crippen molar-refractivity contribution in [2.75, 3.05) is 13.2 Å². The first-order valence-corrected chi connectivity index (χ1v) is 7.45. The Hall–Kier alpha value is -1.95. The maximum atomic E-state index is 13.3. The molecule has 1 aromatic heterocycles. The Morgan fingerprint density at radius 1 is 1.38 bits per heavy atom. The molecule has 0 fully saturated rings. The summed E-state index contributed by atoms with van der Waals surface area (Å²) in [5.74, 6) is -0.666.